The molecule has 0 N–H and O–H groups in total. The molecular formula is C20H23N3O5S. The molecule has 0 aliphatic heterocycles. The molecule has 0 spiro atoms. The highest BCUT2D eigenvalue weighted by Gasteiger charge is 2.21. The lowest BCUT2D eigenvalue weighted by Crippen LogP contribution is -2.29. The molecule has 29 heavy (non-hydrogen) atoms. The second kappa shape index (κ2) is 9.06. The highest BCUT2D eigenvalue weighted by molar-refractivity contribution is 7.89. The fourth-order valence-electron chi connectivity index (χ4n) is 2.60. The normalized spacial score (nSPS) is 11.6. The van der Waals surface area contributed by atoms with Gasteiger partial charge in [-0.25, -0.2) is 12.7 Å². The number of hydrogen-bond acceptors (Lipinski definition) is 7. The number of nitrogens with zero attached hydrogens (tertiary/aromatic N) is 3. The molecule has 9 heteroatoms. The summed E-state index contributed by atoms with van der Waals surface area (Å²) in [6.45, 7) is 2.21. The van der Waals surface area contributed by atoms with Gasteiger partial charge in [0.05, 0.1) is 12.0 Å². The average molecular weight is 417 g/mol. The van der Waals surface area contributed by atoms with Gasteiger partial charge in [0, 0.05) is 20.0 Å². The van der Waals surface area contributed by atoms with E-state index in [1.165, 1.54) is 11.4 Å². The number of sulfonamides is 1. The Kier molecular flexibility index (Phi) is 6.50. The molecule has 0 unspecified atom stereocenters. The van der Waals surface area contributed by atoms with Gasteiger partial charge in [-0.05, 0) is 48.9 Å². The van der Waals surface area contributed by atoms with Crippen LogP contribution >= 0.6 is 0 Å². The summed E-state index contributed by atoms with van der Waals surface area (Å²) in [4.78, 5) is 4.52. The van der Waals surface area contributed by atoms with E-state index in [1.807, 2.05) is 13.0 Å². The Morgan fingerprint density at radius 2 is 1.83 bits per heavy atom. The highest BCUT2D eigenvalue weighted by Crippen LogP contribution is 2.18. The fraction of sp³-hybridized carbons (Fsp3) is 0.300. The van der Waals surface area contributed by atoms with E-state index in [1.54, 1.807) is 49.6 Å². The molecule has 3 aromatic rings. The van der Waals surface area contributed by atoms with E-state index in [4.69, 9.17) is 14.0 Å². The van der Waals surface area contributed by atoms with Crippen molar-refractivity contribution in [3.63, 3.8) is 0 Å². The molecule has 3 rings (SSSR count). The van der Waals surface area contributed by atoms with Crippen LogP contribution in [0.15, 0.2) is 57.9 Å². The van der Waals surface area contributed by atoms with E-state index >= 15 is 0 Å². The predicted molar refractivity (Wildman–Crippen MR) is 106 cm³/mol. The number of hydrogen-bond donors (Lipinski definition) is 0. The molecule has 0 amide bonds. The largest absolute Gasteiger partial charge is 0.497 e. The van der Waals surface area contributed by atoms with Crippen LogP contribution in [-0.4, -0.2) is 43.6 Å². The number of rotatable bonds is 9. The van der Waals surface area contributed by atoms with Crippen molar-refractivity contribution in [2.24, 2.45) is 0 Å². The van der Waals surface area contributed by atoms with Gasteiger partial charge in [-0.15, -0.1) is 0 Å². The van der Waals surface area contributed by atoms with E-state index in [0.717, 1.165) is 11.3 Å². The van der Waals surface area contributed by atoms with Crippen LogP contribution in [0.5, 0.6) is 11.5 Å². The van der Waals surface area contributed by atoms with Crippen LogP contribution in [0.2, 0.25) is 0 Å². The molecule has 0 aliphatic carbocycles. The molecule has 0 bridgehead atoms. The first kappa shape index (κ1) is 20.8. The van der Waals surface area contributed by atoms with Gasteiger partial charge in [-0.3, -0.25) is 0 Å². The monoisotopic (exact) mass is 417 g/mol. The SMILES string of the molecule is COc1ccc(OCc2nc(CCN(C)S(=O)(=O)c3cccc(C)c3)no2)cc1. The van der Waals surface area contributed by atoms with Gasteiger partial charge < -0.3 is 14.0 Å². The second-order valence-corrected chi connectivity index (χ2v) is 8.51. The second-order valence-electron chi connectivity index (χ2n) is 6.46. The Balaban J connectivity index is 1.54. The molecule has 1 aromatic heterocycles. The summed E-state index contributed by atoms with van der Waals surface area (Å²) in [5.74, 6) is 2.13. The van der Waals surface area contributed by atoms with E-state index in [0.29, 0.717) is 23.9 Å². The third kappa shape index (κ3) is 5.33. The first-order valence-corrected chi connectivity index (χ1v) is 10.4. The Morgan fingerprint density at radius 1 is 1.10 bits per heavy atom. The van der Waals surface area contributed by atoms with Crippen molar-refractivity contribution in [2.45, 2.75) is 24.8 Å². The van der Waals surface area contributed by atoms with E-state index in [-0.39, 0.29) is 18.0 Å². The van der Waals surface area contributed by atoms with Crippen LogP contribution in [0.3, 0.4) is 0 Å². The fourth-order valence-corrected chi connectivity index (χ4v) is 3.88. The maximum atomic E-state index is 12.6. The third-order valence-corrected chi connectivity index (χ3v) is 6.13. The minimum absolute atomic E-state index is 0.122. The Morgan fingerprint density at radius 3 is 2.52 bits per heavy atom. The standard InChI is InChI=1S/C20H23N3O5S/c1-15-5-4-6-18(13-15)29(24,25)23(2)12-11-19-21-20(28-22-19)14-27-17-9-7-16(26-3)8-10-17/h4-10,13H,11-12,14H2,1-3H3. The number of benzene rings is 2. The summed E-state index contributed by atoms with van der Waals surface area (Å²) in [6.07, 6.45) is 0.327. The van der Waals surface area contributed by atoms with Crippen LogP contribution in [0.4, 0.5) is 0 Å². The topological polar surface area (TPSA) is 94.8 Å². The molecule has 2 aromatic carbocycles. The maximum Gasteiger partial charge on any atom is 0.264 e. The van der Waals surface area contributed by atoms with E-state index in [2.05, 4.69) is 10.1 Å². The number of methoxy groups -OCH3 is 1. The molecule has 0 saturated heterocycles. The number of ether oxygens (including phenoxy) is 2. The van der Waals surface area contributed by atoms with Crippen LogP contribution in [0, 0.1) is 6.92 Å². The molecule has 0 fully saturated rings. The first-order valence-electron chi connectivity index (χ1n) is 9.00. The van der Waals surface area contributed by atoms with Crippen molar-refractivity contribution < 1.29 is 22.4 Å². The van der Waals surface area contributed by atoms with E-state index in [9.17, 15) is 8.42 Å². The summed E-state index contributed by atoms with van der Waals surface area (Å²) >= 11 is 0. The molecule has 154 valence electrons. The van der Waals surface area contributed by atoms with Gasteiger partial charge in [-0.2, -0.15) is 4.98 Å². The van der Waals surface area contributed by atoms with Gasteiger partial charge in [0.15, 0.2) is 12.4 Å². The van der Waals surface area contributed by atoms with Crippen molar-refractivity contribution in [1.29, 1.82) is 0 Å². The van der Waals surface area contributed by atoms with Crippen molar-refractivity contribution in [1.82, 2.24) is 14.4 Å². The summed E-state index contributed by atoms with van der Waals surface area (Å²) in [5.41, 5.74) is 0.888. The van der Waals surface area contributed by atoms with Crippen molar-refractivity contribution >= 4 is 10.0 Å². The molecule has 8 nitrogen and oxygen atoms in total. The van der Waals surface area contributed by atoms with Crippen LogP contribution < -0.4 is 9.47 Å². The van der Waals surface area contributed by atoms with Gasteiger partial charge in [0.1, 0.15) is 11.5 Å². The molecule has 0 aliphatic rings. The van der Waals surface area contributed by atoms with Crippen molar-refractivity contribution in [3.8, 4) is 11.5 Å². The number of aryl methyl sites for hydroxylation is 1. The summed E-state index contributed by atoms with van der Waals surface area (Å²) in [5, 5.41) is 3.89. The lowest BCUT2D eigenvalue weighted by molar-refractivity contribution is 0.242. The Labute approximate surface area is 170 Å². The number of aromatic nitrogens is 2. The molecule has 0 radical (unpaired) electrons. The predicted octanol–water partition coefficient (Wildman–Crippen LogP) is 2.83. The van der Waals surface area contributed by atoms with Crippen LogP contribution in [0.25, 0.3) is 0 Å². The summed E-state index contributed by atoms with van der Waals surface area (Å²) < 4.78 is 42.4. The zero-order valence-corrected chi connectivity index (χ0v) is 17.3. The third-order valence-electron chi connectivity index (χ3n) is 4.28. The summed E-state index contributed by atoms with van der Waals surface area (Å²) in [6, 6.07) is 14.0. The lowest BCUT2D eigenvalue weighted by atomic mass is 10.2. The molecule has 1 heterocycles. The van der Waals surface area contributed by atoms with Gasteiger partial charge in [0.2, 0.25) is 10.0 Å². The maximum absolute atomic E-state index is 12.6. The zero-order chi connectivity index (χ0) is 20.9. The van der Waals surface area contributed by atoms with Crippen molar-refractivity contribution in [2.75, 3.05) is 20.7 Å². The molecule has 0 atom stereocenters. The van der Waals surface area contributed by atoms with Gasteiger partial charge in [0.25, 0.3) is 5.89 Å². The van der Waals surface area contributed by atoms with Gasteiger partial charge in [-0.1, -0.05) is 17.3 Å². The van der Waals surface area contributed by atoms with Crippen molar-refractivity contribution in [3.05, 3.63) is 65.8 Å². The first-order chi connectivity index (χ1) is 13.9. The quantitative estimate of drug-likeness (QED) is 0.528. The van der Waals surface area contributed by atoms with E-state index < -0.39 is 10.0 Å². The summed E-state index contributed by atoms with van der Waals surface area (Å²) in [7, 11) is -0.435. The Bertz CT molecular complexity index is 1050. The smallest absolute Gasteiger partial charge is 0.264 e. The minimum Gasteiger partial charge on any atom is -0.497 e. The minimum atomic E-state index is -3.56. The Hall–Kier alpha value is -2.91. The van der Waals surface area contributed by atoms with Gasteiger partial charge >= 0.3 is 0 Å². The number of likely N-dealkylation sites (N-methyl/N-ethyl adjacent to an activating group) is 1. The van der Waals surface area contributed by atoms with Crippen LogP contribution in [0.1, 0.15) is 17.3 Å². The molecule has 0 saturated carbocycles. The highest BCUT2D eigenvalue weighted by atomic mass is 32.2. The van der Waals surface area contributed by atoms with Crippen LogP contribution in [-0.2, 0) is 23.1 Å². The zero-order valence-electron chi connectivity index (χ0n) is 16.5. The lowest BCUT2D eigenvalue weighted by Gasteiger charge is -2.16. The average Bonchev–Trinajstić information content (AvgIpc) is 3.18. The molecular weight excluding hydrogens is 394 g/mol.